The third-order valence-electron chi connectivity index (χ3n) is 10.4. The molecule has 0 amide bonds. The number of hydrogen-bond acceptors (Lipinski definition) is 6. The number of unbranched alkanes of at least 4 members (excludes halogenated alkanes) is 1. The summed E-state index contributed by atoms with van der Waals surface area (Å²) in [6.07, 6.45) is 5.15. The van der Waals surface area contributed by atoms with E-state index in [1.807, 2.05) is 47.8 Å². The Morgan fingerprint density at radius 3 is 2.14 bits per heavy atom. The van der Waals surface area contributed by atoms with Crippen LogP contribution in [0.25, 0.3) is 33.4 Å². The fourth-order valence-electron chi connectivity index (χ4n) is 7.12. The first-order valence-corrected chi connectivity index (χ1v) is 23.5. The third-order valence-corrected chi connectivity index (χ3v) is 13.8. The monoisotopic (exact) mass is 806 g/mol. The molecular weight excluding hydrogens is 751 g/mol. The molecule has 0 saturated heterocycles. The van der Waals surface area contributed by atoms with Gasteiger partial charge in [-0.1, -0.05) is 94.6 Å². The van der Waals surface area contributed by atoms with Crippen molar-refractivity contribution in [2.45, 2.75) is 67.6 Å². The maximum Gasteiger partial charge on any atom is 0.241 e. The minimum absolute atomic E-state index is 0.285. The quantitative estimate of drug-likeness (QED) is 0.0471. The molecule has 1 unspecified atom stereocenters. The van der Waals surface area contributed by atoms with Crippen LogP contribution in [0.5, 0.6) is 0 Å². The van der Waals surface area contributed by atoms with Gasteiger partial charge in [0.25, 0.3) is 0 Å². The number of fused-ring (bicyclic) bond motifs is 2. The van der Waals surface area contributed by atoms with Gasteiger partial charge >= 0.3 is 0 Å². The van der Waals surface area contributed by atoms with Crippen LogP contribution < -0.4 is 19.6 Å². The summed E-state index contributed by atoms with van der Waals surface area (Å²) in [4.78, 5) is 5.23. The van der Waals surface area contributed by atoms with Crippen LogP contribution in [0, 0.1) is 5.92 Å². The summed E-state index contributed by atoms with van der Waals surface area (Å²) < 4.78 is 40.5. The smallest absolute Gasteiger partial charge is 0.241 e. The highest BCUT2D eigenvalue weighted by molar-refractivity contribution is 7.99. The van der Waals surface area contributed by atoms with Crippen molar-refractivity contribution in [3.63, 3.8) is 0 Å². The van der Waals surface area contributed by atoms with Gasteiger partial charge in [-0.05, 0) is 67.3 Å². The average Bonchev–Trinajstić information content (AvgIpc) is 3.23. The molecule has 6 nitrogen and oxygen atoms in total. The molecule has 1 aliphatic carbocycles. The van der Waals surface area contributed by atoms with Crippen molar-refractivity contribution in [1.82, 2.24) is 9.30 Å². The fourth-order valence-corrected chi connectivity index (χ4v) is 10.3. The lowest BCUT2D eigenvalue weighted by molar-refractivity contribution is 0.444. The Morgan fingerprint density at radius 2 is 1.45 bits per heavy atom. The Labute approximate surface area is 342 Å². The number of rotatable bonds is 20. The number of benzene rings is 5. The molecule has 2 aliphatic rings. The van der Waals surface area contributed by atoms with Gasteiger partial charge in [0.15, 0.2) is 6.54 Å². The van der Waals surface area contributed by atoms with Crippen molar-refractivity contribution in [2.24, 2.45) is 5.92 Å². The lowest BCUT2D eigenvalue weighted by atomic mass is 9.93. The highest BCUT2D eigenvalue weighted by atomic mass is 32.2. The van der Waals surface area contributed by atoms with Crippen molar-refractivity contribution < 1.29 is 12.8 Å². The van der Waals surface area contributed by atoms with E-state index < -0.39 is 10.0 Å². The number of nitrogens with one attached hydrogen (secondary N) is 1. The van der Waals surface area contributed by atoms with E-state index in [4.69, 9.17) is 4.42 Å². The second-order valence-corrected chi connectivity index (χ2v) is 18.4. The number of hydrogen-bond donors (Lipinski definition) is 1. The summed E-state index contributed by atoms with van der Waals surface area (Å²) >= 11 is 3.70. The topological polar surface area (TPSA) is 65.6 Å². The molecule has 294 valence electrons. The molecule has 0 aromatic heterocycles. The molecule has 0 fully saturated rings. The van der Waals surface area contributed by atoms with E-state index >= 15 is 0 Å². The second-order valence-electron chi connectivity index (χ2n) is 14.3. The molecule has 0 bridgehead atoms. The summed E-state index contributed by atoms with van der Waals surface area (Å²) in [6.45, 7) is 9.61. The molecule has 1 aliphatic heterocycles. The Morgan fingerprint density at radius 1 is 0.750 bits per heavy atom. The number of anilines is 1. The molecule has 1 atom stereocenters. The van der Waals surface area contributed by atoms with Crippen molar-refractivity contribution in [2.75, 3.05) is 49.6 Å². The fraction of sp³-hybridized carbons (Fsp3) is 0.340. The summed E-state index contributed by atoms with van der Waals surface area (Å²) in [6, 6.07) is 41.2. The molecular formula is C47H56N3O3S3+. The maximum atomic E-state index is 14.2. The van der Waals surface area contributed by atoms with Crippen LogP contribution in [0.1, 0.15) is 52.9 Å². The van der Waals surface area contributed by atoms with Gasteiger partial charge in [-0.2, -0.15) is 0 Å². The van der Waals surface area contributed by atoms with Gasteiger partial charge in [-0.25, -0.2) is 17.7 Å². The van der Waals surface area contributed by atoms with E-state index in [-0.39, 0.29) is 4.90 Å². The van der Waals surface area contributed by atoms with Crippen LogP contribution in [0.3, 0.4) is 0 Å². The van der Waals surface area contributed by atoms with Gasteiger partial charge < -0.3 is 9.32 Å². The first kappa shape index (κ1) is 41.6. The zero-order valence-electron chi connectivity index (χ0n) is 33.2. The van der Waals surface area contributed by atoms with Crippen molar-refractivity contribution in [1.29, 1.82) is 0 Å². The average molecular weight is 807 g/mol. The van der Waals surface area contributed by atoms with Crippen molar-refractivity contribution in [3.05, 3.63) is 127 Å². The molecule has 9 heteroatoms. The first-order valence-electron chi connectivity index (χ1n) is 20.1. The largest absolute Gasteiger partial charge is 0.456 e. The lowest BCUT2D eigenvalue weighted by Crippen LogP contribution is -2.29. The molecule has 1 heterocycles. The Bertz CT molecular complexity index is 2310. The van der Waals surface area contributed by atoms with Crippen molar-refractivity contribution in [3.8, 4) is 22.5 Å². The van der Waals surface area contributed by atoms with E-state index in [0.29, 0.717) is 18.0 Å². The molecule has 6 rings (SSSR count). The van der Waals surface area contributed by atoms with Gasteiger partial charge in [-0.3, -0.25) is 0 Å². The third kappa shape index (κ3) is 10.7. The summed E-state index contributed by atoms with van der Waals surface area (Å²) in [5, 5.41) is 1.93. The van der Waals surface area contributed by atoms with Gasteiger partial charge in [0.05, 0.1) is 16.7 Å². The predicted octanol–water partition coefficient (Wildman–Crippen LogP) is 10.9. The first-order chi connectivity index (χ1) is 27.3. The van der Waals surface area contributed by atoms with Crippen LogP contribution in [-0.2, 0) is 10.0 Å². The van der Waals surface area contributed by atoms with Gasteiger partial charge in [0, 0.05) is 75.1 Å². The molecule has 0 radical (unpaired) electrons. The van der Waals surface area contributed by atoms with E-state index in [1.54, 1.807) is 6.07 Å². The second kappa shape index (κ2) is 20.4. The molecule has 0 saturated carbocycles. The van der Waals surface area contributed by atoms with Gasteiger partial charge in [-0.15, -0.1) is 23.5 Å². The number of thioether (sulfide) groups is 2. The zero-order valence-corrected chi connectivity index (χ0v) is 35.7. The summed E-state index contributed by atoms with van der Waals surface area (Å²) in [5.41, 5.74) is 4.23. The predicted molar refractivity (Wildman–Crippen MR) is 240 cm³/mol. The van der Waals surface area contributed by atoms with E-state index in [1.165, 1.54) is 9.79 Å². The zero-order chi connectivity index (χ0) is 39.3. The molecule has 56 heavy (non-hydrogen) atoms. The molecule has 4 aromatic rings. The number of nitrogens with zero attached hydrogens (tertiary/aromatic N) is 2. The lowest BCUT2D eigenvalue weighted by Gasteiger charge is -2.25. The standard InChI is InChI=1S/C47H56N3O3S3/c1-5-8-17-36(7-3)35-48-56(51,52)46-23-16-15-22-43(46)47-41-26-24-37(49(4)29-31-54-39-18-11-9-12-19-39)33-44(41)53-45-34-38(25-27-42(45)47)50(28-6-2)30-32-55-40-20-13-10-14-21-40/h9-16,18-27,33-34,36,48H,5-8,17,28-32,35H2,1-4H3/q+1. The van der Waals surface area contributed by atoms with Gasteiger partial charge in [0.2, 0.25) is 15.4 Å². The Kier molecular flexibility index (Phi) is 15.2. The summed E-state index contributed by atoms with van der Waals surface area (Å²) in [7, 11) is -1.71. The van der Waals surface area contributed by atoms with Gasteiger partial charge in [0.1, 0.15) is 18.4 Å². The highest BCUT2D eigenvalue weighted by Crippen LogP contribution is 2.43. The minimum Gasteiger partial charge on any atom is -0.456 e. The van der Waals surface area contributed by atoms with E-state index in [9.17, 15) is 8.42 Å². The maximum absolute atomic E-state index is 14.2. The summed E-state index contributed by atoms with van der Waals surface area (Å²) in [5.74, 6) is 2.91. The normalized spacial score (nSPS) is 12.9. The molecule has 0 spiro atoms. The van der Waals surface area contributed by atoms with Crippen LogP contribution in [0.4, 0.5) is 5.69 Å². The van der Waals surface area contributed by atoms with Crippen LogP contribution in [-0.4, -0.2) is 53.2 Å². The van der Waals surface area contributed by atoms with E-state index in [0.717, 1.165) is 102 Å². The number of sulfonamides is 1. The molecule has 4 aromatic carbocycles. The van der Waals surface area contributed by atoms with Crippen molar-refractivity contribution >= 4 is 50.2 Å². The SMILES string of the molecule is CCCCC(CC)CNS(=O)(=O)c1ccccc1-c1c2ccc(=[N+](C)CCSc3ccccc3)cc-2oc2cc(N(CCC)CCSc3ccccc3)ccc12. The Balaban J connectivity index is 1.42. The minimum atomic E-state index is -3.83. The van der Waals surface area contributed by atoms with Crippen LogP contribution in [0.2, 0.25) is 0 Å². The molecule has 1 N–H and O–H groups in total. The Hall–Kier alpha value is -4.02. The van der Waals surface area contributed by atoms with E-state index in [2.05, 4.69) is 133 Å². The highest BCUT2D eigenvalue weighted by Gasteiger charge is 2.26. The van der Waals surface area contributed by atoms with Crippen LogP contribution >= 0.6 is 23.5 Å². The van der Waals surface area contributed by atoms with Crippen LogP contribution in [0.15, 0.2) is 140 Å².